The minimum Gasteiger partial charge on any atom is -0.479 e. The maximum absolute atomic E-state index is 12.7. The number of aliphatic hydroxyl groups excluding tert-OH is 6. The van der Waals surface area contributed by atoms with Crippen LogP contribution in [0.2, 0.25) is 0 Å². The number of rotatable bonds is 22. The first-order chi connectivity index (χ1) is 33.0. The predicted molar refractivity (Wildman–Crippen MR) is 211 cm³/mol. The lowest BCUT2D eigenvalue weighted by atomic mass is 9.94. The Bertz CT molecular complexity index is 2660. The van der Waals surface area contributed by atoms with Crippen LogP contribution < -0.4 is 9.44 Å². The molecule has 4 heterocycles. The number of methoxy groups -OCH3 is 2. The molecule has 4 saturated heterocycles. The Balaban J connectivity index is 1.85. The van der Waals surface area contributed by atoms with Crippen LogP contribution in [0, 0.1) is 0 Å². The predicted octanol–water partition coefficient (Wildman–Crippen LogP) is -11.4. The van der Waals surface area contributed by atoms with Crippen LogP contribution in [0.25, 0.3) is 0 Å². The lowest BCUT2D eigenvalue weighted by Gasteiger charge is -2.50. The van der Waals surface area contributed by atoms with E-state index in [2.05, 4.69) is 8.37 Å². The second-order valence-corrected chi connectivity index (χ2v) is 22.7. The molecule has 0 amide bonds. The van der Waals surface area contributed by atoms with Gasteiger partial charge in [0.25, 0.3) is 20.2 Å². The van der Waals surface area contributed by atoms with Crippen molar-refractivity contribution >= 4 is 73.6 Å². The van der Waals surface area contributed by atoms with E-state index in [0.29, 0.717) is 14.2 Å². The van der Waals surface area contributed by atoms with Gasteiger partial charge < -0.3 is 83.5 Å². The Hall–Kier alpha value is -2.36. The van der Waals surface area contributed by atoms with Crippen LogP contribution in [0.3, 0.4) is 0 Å². The Morgan fingerprint density at radius 1 is 0.452 bits per heavy atom. The number of hydrogen-bond acceptors (Lipinski definition) is 31. The van der Waals surface area contributed by atoms with Gasteiger partial charge in [-0.15, -0.1) is 0 Å². The van der Waals surface area contributed by atoms with Crippen LogP contribution in [0.5, 0.6) is 0 Å². The van der Waals surface area contributed by atoms with Crippen molar-refractivity contribution in [2.24, 2.45) is 0 Å². The van der Waals surface area contributed by atoms with Gasteiger partial charge in [-0.1, -0.05) is 0 Å². The van der Waals surface area contributed by atoms with Gasteiger partial charge in [0, 0.05) is 14.2 Å². The first kappa shape index (κ1) is 63.2. The van der Waals surface area contributed by atoms with E-state index in [1.165, 1.54) is 9.44 Å². The molecule has 4 fully saturated rings. The molecule has 0 radical (unpaired) electrons. The highest BCUT2D eigenvalue weighted by molar-refractivity contribution is 7.86. The highest BCUT2D eigenvalue weighted by Crippen LogP contribution is 2.38. The maximum Gasteiger partial charge on any atom is 0.397 e. The molecular weight excluding hydrogens is 1160 g/mol. The zero-order chi connectivity index (χ0) is 56.0. The van der Waals surface area contributed by atoms with Crippen molar-refractivity contribution < 1.29 is 179 Å². The highest BCUT2D eigenvalue weighted by Gasteiger charge is 2.61. The molecule has 3 unspecified atom stereocenters. The van der Waals surface area contributed by atoms with E-state index in [1.807, 2.05) is 0 Å². The number of carboxylic acids is 2. The molecule has 0 aliphatic carbocycles. The third-order valence-electron chi connectivity index (χ3n) is 10.3. The molecule has 0 aromatic carbocycles. The molecule has 73 heavy (non-hydrogen) atoms. The van der Waals surface area contributed by atoms with E-state index in [0.717, 1.165) is 0 Å². The Kier molecular flexibility index (Phi) is 20.2. The molecule has 4 aliphatic heterocycles. The van der Waals surface area contributed by atoms with Gasteiger partial charge in [0.05, 0.1) is 0 Å². The maximum atomic E-state index is 12.7. The van der Waals surface area contributed by atoms with Gasteiger partial charge in [-0.3, -0.25) is 27.3 Å². The summed E-state index contributed by atoms with van der Waals surface area (Å²) in [6, 6.07) is -5.55. The fourth-order valence-electron chi connectivity index (χ4n) is 7.41. The van der Waals surface area contributed by atoms with E-state index in [9.17, 15) is 128 Å². The third-order valence-corrected chi connectivity index (χ3v) is 14.2. The summed E-state index contributed by atoms with van der Waals surface area (Å²) in [7, 11) is -33.6. The summed E-state index contributed by atoms with van der Waals surface area (Å²) < 4.78 is 259. The molecule has 0 bridgehead atoms. The molecule has 47 heteroatoms. The molecule has 0 aromatic heterocycles. The lowest BCUT2D eigenvalue weighted by molar-refractivity contribution is -0.369. The summed E-state index contributed by atoms with van der Waals surface area (Å²) in [6.45, 7) is 0. The van der Waals surface area contributed by atoms with Crippen LogP contribution >= 0.6 is 0 Å². The van der Waals surface area contributed by atoms with Crippen molar-refractivity contribution in [2.45, 2.75) is 134 Å². The first-order valence-corrected chi connectivity index (χ1v) is 27.5. The molecule has 4 rings (SSSR count). The molecule has 0 saturated carbocycles. The van der Waals surface area contributed by atoms with Crippen molar-refractivity contribution in [3.05, 3.63) is 0 Å². The zero-order valence-electron chi connectivity index (χ0n) is 35.6. The second-order valence-electron chi connectivity index (χ2n) is 15.2. The quantitative estimate of drug-likeness (QED) is 0.0448. The SMILES string of the molecule is CO[C@H]1O[C@H](C(=O)O)[C@H](O[C@@H]2O[C@@H](C(O)S(=O)(=O)O)[C@H](O[C@H]3O[C@H](C(=O)O)[C@H](O[C@@H]4O[C@@H](C(O)S(=O)(=O)O)[C@H](OC)[C@H](O)[C@H]4NS(=O)(=O)O)[C@H](O)[C@H]3OS(=O)(=O)O)C(O)[C@@H]2NS(=O)(=O)O)[C@H](O)[C@@H]1OS(=O)(=O)O. The molecule has 41 nitrogen and oxygen atoms in total. The van der Waals surface area contributed by atoms with Gasteiger partial charge in [-0.2, -0.15) is 60.0 Å². The molecule has 0 aromatic rings. The minimum absolute atomic E-state index is 0.675. The fraction of sp³-hybridized carbons (Fsp3) is 0.923. The molecule has 0 spiro atoms. The van der Waals surface area contributed by atoms with E-state index in [-0.39, 0.29) is 0 Å². The van der Waals surface area contributed by atoms with Crippen molar-refractivity contribution in [2.75, 3.05) is 14.2 Å². The van der Waals surface area contributed by atoms with Gasteiger partial charge in [-0.05, 0) is 0 Å². The number of aliphatic hydroxyl groups is 6. The third kappa shape index (κ3) is 15.9. The summed E-state index contributed by atoms with van der Waals surface area (Å²) in [5, 5.41) is 86.3. The second kappa shape index (κ2) is 23.3. The zero-order valence-corrected chi connectivity index (χ0v) is 40.5. The Morgan fingerprint density at radius 2 is 0.781 bits per heavy atom. The number of ether oxygens (including phenoxy) is 9. The van der Waals surface area contributed by atoms with Crippen molar-refractivity contribution in [1.82, 2.24) is 9.44 Å². The normalized spacial score (nSPS) is 39.3. The monoisotopic (exact) mass is 1200 g/mol. The summed E-state index contributed by atoms with van der Waals surface area (Å²) >= 11 is 0. The van der Waals surface area contributed by atoms with Crippen LogP contribution in [0.4, 0.5) is 0 Å². The van der Waals surface area contributed by atoms with E-state index in [4.69, 9.17) is 42.6 Å². The summed E-state index contributed by atoms with van der Waals surface area (Å²) in [5.41, 5.74) is -6.80. The van der Waals surface area contributed by atoms with Crippen LogP contribution in [0.15, 0.2) is 0 Å². The Labute approximate surface area is 408 Å². The molecule has 4 aliphatic rings. The summed E-state index contributed by atoms with van der Waals surface area (Å²) in [4.78, 5) is 25.0. The van der Waals surface area contributed by atoms with Crippen LogP contribution in [0.1, 0.15) is 0 Å². The highest BCUT2D eigenvalue weighted by atomic mass is 32.3. The van der Waals surface area contributed by atoms with Crippen LogP contribution in [-0.4, -0.2) is 278 Å². The lowest BCUT2D eigenvalue weighted by Crippen LogP contribution is -2.72. The topological polar surface area (TPSA) is 648 Å². The van der Waals surface area contributed by atoms with Crippen molar-refractivity contribution in [1.29, 1.82) is 0 Å². The average Bonchev–Trinajstić information content (AvgIpc) is 3.21. The number of nitrogens with one attached hydrogen (secondary N) is 2. The van der Waals surface area contributed by atoms with Crippen LogP contribution in [-0.2, 0) is 122 Å². The molecule has 22 atom stereocenters. The van der Waals surface area contributed by atoms with Gasteiger partial charge in [0.15, 0.2) is 49.6 Å². The van der Waals surface area contributed by atoms with E-state index < -0.39 is 207 Å². The summed E-state index contributed by atoms with van der Waals surface area (Å²) in [5.74, 6) is -4.62. The van der Waals surface area contributed by atoms with E-state index in [1.54, 1.807) is 0 Å². The average molecular weight is 1200 g/mol. The van der Waals surface area contributed by atoms with Gasteiger partial charge in [0.2, 0.25) is 10.9 Å². The standard InChI is InChI=1S/C26H44N2O39S6/c1-57-9-5(29)3(27-70(45,46)47)23(64-17(9)21(37)68(39,40)41)60-12-8(32)14(67-73(54,55)56)26(63-16(12)20(35)36)61-10-6(30)4(28-71(48,49)50)24(65-18(10)22(38)69(42,43)44)59-11-7(31)13(66-72(51,52)53)25(58-2)62-15(11)19(33)34/h3-18,21-32,37-38H,1-2H3,(H,33,34)(H,35,36)(H,39,40,41)(H,42,43,44)(H,45,46,47)(H,48,49,50)(H,51,52,53)(H,54,55,56)/t3-,4+,5-,6?,7+,8+,9-,10-,11-,12-,13+,14-,15+,16+,17-,18-,21?,22?,23-,24-,25+,26+/m1/s1. The largest absolute Gasteiger partial charge is 0.479 e. The summed E-state index contributed by atoms with van der Waals surface area (Å²) in [6.07, 6.45) is -51.7. The number of aliphatic carboxylic acids is 2. The molecular formula is C26H44N2O39S6. The number of hydrogen-bond donors (Lipinski definition) is 16. The minimum atomic E-state index is -6.12. The Morgan fingerprint density at radius 3 is 1.10 bits per heavy atom. The van der Waals surface area contributed by atoms with Gasteiger partial charge in [-0.25, -0.2) is 18.0 Å². The van der Waals surface area contributed by atoms with Gasteiger partial charge in [0.1, 0.15) is 73.1 Å². The van der Waals surface area contributed by atoms with Gasteiger partial charge >= 0.3 is 53.3 Å². The first-order valence-electron chi connectivity index (χ1n) is 18.9. The van der Waals surface area contributed by atoms with Crippen molar-refractivity contribution in [3.8, 4) is 0 Å². The molecule has 428 valence electrons. The van der Waals surface area contributed by atoms with E-state index >= 15 is 0 Å². The fourth-order valence-corrected chi connectivity index (χ4v) is 10.7. The molecule has 16 N–H and O–H groups in total. The van der Waals surface area contributed by atoms with Crippen molar-refractivity contribution in [3.63, 3.8) is 0 Å². The smallest absolute Gasteiger partial charge is 0.397 e. The number of carboxylic acid groups (broad SMARTS) is 2. The number of carbonyl (C=O) groups is 2.